The van der Waals surface area contributed by atoms with Crippen molar-refractivity contribution in [3.05, 3.63) is 24.3 Å². The van der Waals surface area contributed by atoms with Crippen molar-refractivity contribution in [3.63, 3.8) is 0 Å². The molecule has 0 aromatic carbocycles. The Balaban J connectivity index is 1.75. The summed E-state index contributed by atoms with van der Waals surface area (Å²) < 4.78 is 6.90. The van der Waals surface area contributed by atoms with Crippen LogP contribution in [0.5, 0.6) is 0 Å². The van der Waals surface area contributed by atoms with Gasteiger partial charge in [-0.25, -0.2) is 0 Å². The van der Waals surface area contributed by atoms with Gasteiger partial charge in [0.25, 0.3) is 0 Å². The number of ether oxygens (including phenoxy) is 1. The molecule has 4 aliphatic heterocycles. The van der Waals surface area contributed by atoms with Gasteiger partial charge in [0.15, 0.2) is 0 Å². The van der Waals surface area contributed by atoms with Gasteiger partial charge >= 0.3 is 0 Å². The zero-order valence-electron chi connectivity index (χ0n) is 21.4. The van der Waals surface area contributed by atoms with Gasteiger partial charge in [0.2, 0.25) is 17.7 Å². The highest BCUT2D eigenvalue weighted by molar-refractivity contribution is 6.00. The van der Waals surface area contributed by atoms with Crippen LogP contribution in [-0.4, -0.2) is 94.6 Å². The third-order valence-electron chi connectivity index (χ3n) is 8.31. The van der Waals surface area contributed by atoms with Gasteiger partial charge in [0, 0.05) is 39.8 Å². The first-order valence-corrected chi connectivity index (χ1v) is 13.4. The van der Waals surface area contributed by atoms with E-state index in [1.165, 1.54) is 0 Å². The summed E-state index contributed by atoms with van der Waals surface area (Å²) in [6, 6.07) is -0.768. The molecule has 8 nitrogen and oxygen atoms in total. The average Bonchev–Trinajstić information content (AvgIpc) is 3.15. The molecule has 35 heavy (non-hydrogen) atoms. The van der Waals surface area contributed by atoms with E-state index in [-0.39, 0.29) is 24.3 Å². The Morgan fingerprint density at radius 3 is 2.37 bits per heavy atom. The van der Waals surface area contributed by atoms with Crippen molar-refractivity contribution in [2.45, 2.75) is 76.0 Å². The Morgan fingerprint density at radius 2 is 1.66 bits per heavy atom. The van der Waals surface area contributed by atoms with Crippen molar-refractivity contribution in [2.24, 2.45) is 11.8 Å². The second kappa shape index (κ2) is 10.4. The lowest BCUT2D eigenvalue weighted by Gasteiger charge is -2.38. The molecule has 8 heteroatoms. The lowest BCUT2D eigenvalue weighted by Crippen LogP contribution is -2.56. The topological polar surface area (TPSA) is 90.4 Å². The summed E-state index contributed by atoms with van der Waals surface area (Å²) in [6.07, 6.45) is 13.5. The molecule has 0 saturated carbocycles. The van der Waals surface area contributed by atoms with Gasteiger partial charge in [-0.2, -0.15) is 0 Å². The van der Waals surface area contributed by atoms with E-state index in [4.69, 9.17) is 9.84 Å². The number of rotatable bonds is 10. The van der Waals surface area contributed by atoms with Crippen LogP contribution >= 0.6 is 0 Å². The van der Waals surface area contributed by atoms with Crippen molar-refractivity contribution in [1.29, 1.82) is 0 Å². The number of likely N-dealkylation sites (tertiary alicyclic amines) is 1. The summed E-state index contributed by atoms with van der Waals surface area (Å²) in [5, 5.41) is 9.09. The van der Waals surface area contributed by atoms with Crippen LogP contribution in [0.3, 0.4) is 0 Å². The van der Waals surface area contributed by atoms with E-state index >= 15 is 0 Å². The molecule has 1 spiro atoms. The molecule has 2 saturated heterocycles. The van der Waals surface area contributed by atoms with Crippen LogP contribution in [0.25, 0.3) is 0 Å². The molecule has 194 valence electrons. The van der Waals surface area contributed by atoms with E-state index in [0.717, 1.165) is 38.5 Å². The number of carbonyl (C=O) groups excluding carboxylic acids is 3. The number of aliphatic hydroxyl groups excluding tert-OH is 1. The monoisotopic (exact) mass is 487 g/mol. The van der Waals surface area contributed by atoms with Crippen LogP contribution in [0.2, 0.25) is 0 Å². The molecule has 2 fully saturated rings. The van der Waals surface area contributed by atoms with Gasteiger partial charge in [-0.1, -0.05) is 57.4 Å². The molecule has 0 radical (unpaired) electrons. The molecule has 3 amide bonds. The zero-order chi connectivity index (χ0) is 25.2. The van der Waals surface area contributed by atoms with Gasteiger partial charge in [-0.3, -0.25) is 14.4 Å². The van der Waals surface area contributed by atoms with E-state index < -0.39 is 29.1 Å². The Kier molecular flexibility index (Phi) is 7.71. The fourth-order valence-electron chi connectivity index (χ4n) is 6.47. The Morgan fingerprint density at radius 1 is 0.914 bits per heavy atom. The van der Waals surface area contributed by atoms with Crippen LogP contribution in [0.4, 0.5) is 0 Å². The first-order valence-electron chi connectivity index (χ1n) is 13.4. The van der Waals surface area contributed by atoms with E-state index in [2.05, 4.69) is 6.92 Å². The van der Waals surface area contributed by atoms with E-state index in [1.807, 2.05) is 36.1 Å². The first kappa shape index (κ1) is 25.9. The maximum Gasteiger partial charge on any atom is 0.249 e. The molecule has 4 heterocycles. The SMILES string of the molecule is CCCCN1CC=C[C@]23O[C@@]4(CC)C=CCN(C)C(=O)[C@H]4[C@H]2C(=O)N(CCCCCCO)C3C1=O. The van der Waals surface area contributed by atoms with Crippen molar-refractivity contribution in [3.8, 4) is 0 Å². The van der Waals surface area contributed by atoms with E-state index in [1.54, 1.807) is 16.8 Å². The van der Waals surface area contributed by atoms with Gasteiger partial charge in [-0.05, 0) is 25.7 Å². The van der Waals surface area contributed by atoms with Gasteiger partial charge in [0.05, 0.1) is 17.4 Å². The third-order valence-corrected chi connectivity index (χ3v) is 8.31. The molecule has 0 aliphatic carbocycles. The molecule has 0 aromatic rings. The maximum absolute atomic E-state index is 14.1. The average molecular weight is 488 g/mol. The summed E-state index contributed by atoms with van der Waals surface area (Å²) in [5.41, 5.74) is -2.06. The molecule has 4 aliphatic rings. The highest BCUT2D eigenvalue weighted by Gasteiger charge is 2.75. The van der Waals surface area contributed by atoms with Crippen LogP contribution in [0.15, 0.2) is 24.3 Å². The largest absolute Gasteiger partial charge is 0.396 e. The lowest BCUT2D eigenvalue weighted by molar-refractivity contribution is -0.154. The minimum atomic E-state index is -1.15. The number of hydrogen-bond donors (Lipinski definition) is 1. The smallest absolute Gasteiger partial charge is 0.249 e. The van der Waals surface area contributed by atoms with Crippen LogP contribution < -0.4 is 0 Å². The standard InChI is InChI=1S/C27H41N3O5/c1-4-6-16-29-17-12-14-27-21(20-23(32)28(3)15-11-13-26(20,5-2)35-27)24(33)30(22(27)25(29)34)18-9-7-8-10-19-31/h11-14,20-22,31H,4-10,15-19H2,1-3H3/t20-,21+,22?,26+,27+/m1/s1. The molecular weight excluding hydrogens is 446 g/mol. The van der Waals surface area contributed by atoms with E-state index in [0.29, 0.717) is 32.6 Å². The molecule has 1 N–H and O–H groups in total. The second-order valence-electron chi connectivity index (χ2n) is 10.5. The van der Waals surface area contributed by atoms with Crippen molar-refractivity contribution in [1.82, 2.24) is 14.7 Å². The fraction of sp³-hybridized carbons (Fsp3) is 0.741. The summed E-state index contributed by atoms with van der Waals surface area (Å²) in [5.74, 6) is -1.71. The fourth-order valence-corrected chi connectivity index (χ4v) is 6.47. The van der Waals surface area contributed by atoms with E-state index in [9.17, 15) is 14.4 Å². The molecule has 0 bridgehead atoms. The Hall–Kier alpha value is -2.19. The summed E-state index contributed by atoms with van der Waals surface area (Å²) in [4.78, 5) is 47.0. The number of nitrogens with zero attached hydrogens (tertiary/aromatic N) is 3. The number of fused-ring (bicyclic) bond motifs is 2. The predicted octanol–water partition coefficient (Wildman–Crippen LogP) is 2.13. The number of unbranched alkanes of at least 4 members (excludes halogenated alkanes) is 4. The quantitative estimate of drug-likeness (QED) is 0.377. The number of aliphatic hydroxyl groups is 1. The first-order chi connectivity index (χ1) is 16.9. The highest BCUT2D eigenvalue weighted by atomic mass is 16.5. The van der Waals surface area contributed by atoms with Gasteiger partial charge in [-0.15, -0.1) is 0 Å². The summed E-state index contributed by atoms with van der Waals surface area (Å²) >= 11 is 0. The Bertz CT molecular complexity index is 888. The van der Waals surface area contributed by atoms with Crippen molar-refractivity contribution < 1.29 is 24.2 Å². The summed E-state index contributed by atoms with van der Waals surface area (Å²) in [7, 11) is 1.76. The van der Waals surface area contributed by atoms with Crippen LogP contribution in [0, 0.1) is 11.8 Å². The molecule has 5 atom stereocenters. The Labute approximate surface area is 208 Å². The highest BCUT2D eigenvalue weighted by Crippen LogP contribution is 2.58. The number of hydrogen-bond acceptors (Lipinski definition) is 5. The summed E-state index contributed by atoms with van der Waals surface area (Å²) in [6.45, 7) is 6.29. The van der Waals surface area contributed by atoms with Crippen molar-refractivity contribution >= 4 is 17.7 Å². The zero-order valence-corrected chi connectivity index (χ0v) is 21.4. The lowest BCUT2D eigenvalue weighted by atomic mass is 9.73. The van der Waals surface area contributed by atoms with Crippen molar-refractivity contribution in [2.75, 3.05) is 39.8 Å². The minimum absolute atomic E-state index is 0.0813. The number of amides is 3. The van der Waals surface area contributed by atoms with Crippen LogP contribution in [0.1, 0.15) is 58.8 Å². The number of carbonyl (C=O) groups is 3. The predicted molar refractivity (Wildman–Crippen MR) is 132 cm³/mol. The normalized spacial score (nSPS) is 34.2. The van der Waals surface area contributed by atoms with Crippen LogP contribution in [-0.2, 0) is 19.1 Å². The van der Waals surface area contributed by atoms with Gasteiger partial charge in [0.1, 0.15) is 11.6 Å². The van der Waals surface area contributed by atoms with Gasteiger partial charge < -0.3 is 24.5 Å². The minimum Gasteiger partial charge on any atom is -0.396 e. The molecular formula is C27H41N3O5. The molecule has 0 aromatic heterocycles. The second-order valence-corrected chi connectivity index (χ2v) is 10.5. The number of likely N-dealkylation sites (N-methyl/N-ethyl adjacent to an activating group) is 1. The molecule has 4 rings (SSSR count). The maximum atomic E-state index is 14.1. The molecule has 1 unspecified atom stereocenters. The third kappa shape index (κ3) is 4.22.